The molecule has 4 nitrogen and oxygen atoms in total. The molecule has 5 heteroatoms. The zero-order chi connectivity index (χ0) is 13.0. The van der Waals surface area contributed by atoms with Crippen LogP contribution in [-0.4, -0.2) is 19.0 Å². The number of amides is 1. The molecule has 0 aliphatic heterocycles. The summed E-state index contributed by atoms with van der Waals surface area (Å²) in [5.41, 5.74) is 1.14. The van der Waals surface area contributed by atoms with E-state index in [1.165, 1.54) is 20.1 Å². The molecule has 0 bridgehead atoms. The van der Waals surface area contributed by atoms with Crippen LogP contribution in [0.4, 0.5) is 0 Å². The third-order valence-corrected chi connectivity index (χ3v) is 2.64. The molecule has 0 aliphatic rings. The zero-order valence-electron chi connectivity index (χ0n) is 9.91. The van der Waals surface area contributed by atoms with E-state index in [2.05, 4.69) is 10.1 Å². The second kappa shape index (κ2) is 5.68. The Morgan fingerprint density at radius 1 is 1.41 bits per heavy atom. The second-order valence-corrected chi connectivity index (χ2v) is 4.06. The molecular weight excluding hydrogens is 242 g/mol. The van der Waals surface area contributed by atoms with Gasteiger partial charge in [0.05, 0.1) is 18.7 Å². The zero-order valence-corrected chi connectivity index (χ0v) is 10.7. The number of methoxy groups -OCH3 is 1. The van der Waals surface area contributed by atoms with Crippen molar-refractivity contribution in [2.24, 2.45) is 0 Å². The van der Waals surface area contributed by atoms with Crippen LogP contribution in [0.1, 0.15) is 35.8 Å². The lowest BCUT2D eigenvalue weighted by atomic mass is 10.1. The van der Waals surface area contributed by atoms with Crippen molar-refractivity contribution in [1.29, 1.82) is 0 Å². The fourth-order valence-electron chi connectivity index (χ4n) is 1.51. The minimum absolute atomic E-state index is 0.134. The molecule has 17 heavy (non-hydrogen) atoms. The molecule has 0 aliphatic carbocycles. The molecule has 0 unspecified atom stereocenters. The molecule has 0 saturated heterocycles. The molecule has 1 atom stereocenters. The normalized spacial score (nSPS) is 11.8. The molecule has 0 fully saturated rings. The maximum Gasteiger partial charge on any atom is 0.337 e. The molecule has 0 aromatic heterocycles. The van der Waals surface area contributed by atoms with Crippen molar-refractivity contribution in [1.82, 2.24) is 5.32 Å². The van der Waals surface area contributed by atoms with E-state index in [0.29, 0.717) is 10.6 Å². The van der Waals surface area contributed by atoms with Crippen LogP contribution in [0.2, 0.25) is 5.02 Å². The van der Waals surface area contributed by atoms with E-state index < -0.39 is 5.97 Å². The van der Waals surface area contributed by atoms with E-state index in [1.54, 1.807) is 12.1 Å². The molecule has 1 aromatic rings. The number of hydrogen-bond donors (Lipinski definition) is 1. The Kier molecular flexibility index (Phi) is 4.52. The quantitative estimate of drug-likeness (QED) is 0.844. The highest BCUT2D eigenvalue weighted by Crippen LogP contribution is 2.24. The minimum Gasteiger partial charge on any atom is -0.465 e. The fraction of sp³-hybridized carbons (Fsp3) is 0.333. The van der Waals surface area contributed by atoms with E-state index in [1.807, 2.05) is 6.92 Å². The molecular formula is C12H14ClNO3. The smallest absolute Gasteiger partial charge is 0.337 e. The summed E-state index contributed by atoms with van der Waals surface area (Å²) in [5, 5.41) is 3.15. The van der Waals surface area contributed by atoms with E-state index in [0.717, 1.165) is 5.56 Å². The monoisotopic (exact) mass is 255 g/mol. The van der Waals surface area contributed by atoms with E-state index >= 15 is 0 Å². The number of halogens is 1. The lowest BCUT2D eigenvalue weighted by molar-refractivity contribution is -0.119. The highest BCUT2D eigenvalue weighted by Gasteiger charge is 2.13. The minimum atomic E-state index is -0.439. The average Bonchev–Trinajstić information content (AvgIpc) is 2.26. The summed E-state index contributed by atoms with van der Waals surface area (Å²) in [5.74, 6) is -0.573. The van der Waals surface area contributed by atoms with E-state index in [4.69, 9.17) is 11.6 Å². The second-order valence-electron chi connectivity index (χ2n) is 3.65. The number of rotatable bonds is 3. The van der Waals surface area contributed by atoms with Crippen LogP contribution in [0.5, 0.6) is 0 Å². The summed E-state index contributed by atoms with van der Waals surface area (Å²) in [6.45, 7) is 3.26. The number of hydrogen-bond acceptors (Lipinski definition) is 3. The Bertz CT molecular complexity index is 445. The molecule has 0 radical (unpaired) electrons. The highest BCUT2D eigenvalue weighted by atomic mass is 35.5. The number of nitrogens with one attached hydrogen (secondary N) is 1. The van der Waals surface area contributed by atoms with Gasteiger partial charge in [0, 0.05) is 11.9 Å². The topological polar surface area (TPSA) is 55.4 Å². The maximum absolute atomic E-state index is 11.3. The van der Waals surface area contributed by atoms with Gasteiger partial charge in [0.1, 0.15) is 0 Å². The van der Waals surface area contributed by atoms with Crippen molar-refractivity contribution in [2.75, 3.05) is 7.11 Å². The van der Waals surface area contributed by atoms with Crippen molar-refractivity contribution in [3.05, 3.63) is 34.3 Å². The predicted molar refractivity (Wildman–Crippen MR) is 65.0 cm³/mol. The summed E-state index contributed by atoms with van der Waals surface area (Å²) in [4.78, 5) is 22.2. The van der Waals surface area contributed by atoms with Crippen molar-refractivity contribution >= 4 is 23.5 Å². The van der Waals surface area contributed by atoms with Crippen LogP contribution in [0.3, 0.4) is 0 Å². The molecule has 1 aromatic carbocycles. The molecule has 0 spiro atoms. The lowest BCUT2D eigenvalue weighted by Crippen LogP contribution is -2.23. The summed E-state index contributed by atoms with van der Waals surface area (Å²) in [6.07, 6.45) is 0. The molecule has 1 rings (SSSR count). The van der Waals surface area contributed by atoms with Gasteiger partial charge in [-0.1, -0.05) is 17.7 Å². The largest absolute Gasteiger partial charge is 0.465 e. The molecule has 1 N–H and O–H groups in total. The maximum atomic E-state index is 11.3. The van der Waals surface area contributed by atoms with Gasteiger partial charge in [0.15, 0.2) is 0 Å². The molecule has 0 heterocycles. The summed E-state index contributed by atoms with van der Waals surface area (Å²) in [7, 11) is 1.31. The van der Waals surface area contributed by atoms with Gasteiger partial charge in [-0.05, 0) is 24.6 Å². The Morgan fingerprint density at radius 3 is 2.53 bits per heavy atom. The highest BCUT2D eigenvalue weighted by molar-refractivity contribution is 6.31. The van der Waals surface area contributed by atoms with Gasteiger partial charge < -0.3 is 10.1 Å². The van der Waals surface area contributed by atoms with Crippen LogP contribution >= 0.6 is 11.6 Å². The number of carbonyl (C=O) groups is 2. The summed E-state index contributed by atoms with van der Waals surface area (Å²) < 4.78 is 4.59. The first kappa shape index (κ1) is 13.5. The molecule has 0 saturated carbocycles. The van der Waals surface area contributed by atoms with Crippen LogP contribution in [0, 0.1) is 0 Å². The number of carbonyl (C=O) groups excluding carboxylic acids is 2. The van der Waals surface area contributed by atoms with Gasteiger partial charge in [0.25, 0.3) is 0 Å². The van der Waals surface area contributed by atoms with Gasteiger partial charge in [-0.25, -0.2) is 4.79 Å². The Hall–Kier alpha value is -1.55. The van der Waals surface area contributed by atoms with Crippen LogP contribution in [0.15, 0.2) is 18.2 Å². The Labute approximate surface area is 105 Å². The lowest BCUT2D eigenvalue weighted by Gasteiger charge is -2.14. The van der Waals surface area contributed by atoms with E-state index in [-0.39, 0.29) is 11.9 Å². The van der Waals surface area contributed by atoms with Crippen LogP contribution in [0.25, 0.3) is 0 Å². The Balaban J connectivity index is 2.97. The number of benzene rings is 1. The number of esters is 1. The van der Waals surface area contributed by atoms with Crippen LogP contribution < -0.4 is 5.32 Å². The van der Waals surface area contributed by atoms with Gasteiger partial charge in [-0.15, -0.1) is 0 Å². The predicted octanol–water partition coefficient (Wildman–Crippen LogP) is 2.32. The van der Waals surface area contributed by atoms with Crippen molar-refractivity contribution in [2.45, 2.75) is 19.9 Å². The first-order valence-electron chi connectivity index (χ1n) is 5.10. The van der Waals surface area contributed by atoms with Crippen LogP contribution in [-0.2, 0) is 9.53 Å². The number of ether oxygens (including phenoxy) is 1. The average molecular weight is 256 g/mol. The van der Waals surface area contributed by atoms with Gasteiger partial charge in [-0.3, -0.25) is 4.79 Å². The van der Waals surface area contributed by atoms with Gasteiger partial charge in [-0.2, -0.15) is 0 Å². The Morgan fingerprint density at radius 2 is 2.06 bits per heavy atom. The fourth-order valence-corrected chi connectivity index (χ4v) is 1.85. The third-order valence-electron chi connectivity index (χ3n) is 2.31. The molecule has 1 amide bonds. The first-order chi connectivity index (χ1) is 7.95. The first-order valence-corrected chi connectivity index (χ1v) is 5.48. The molecule has 92 valence electrons. The standard InChI is InChI=1S/C12H14ClNO3/c1-7(14-8(2)15)10-5-4-9(6-11(10)13)12(16)17-3/h4-7H,1-3H3,(H,14,15)/t7-/m0/s1. The SMILES string of the molecule is COC(=O)c1ccc([C@H](C)NC(C)=O)c(Cl)c1. The van der Waals surface area contributed by atoms with Gasteiger partial charge in [0.2, 0.25) is 5.91 Å². The van der Waals surface area contributed by atoms with Crippen molar-refractivity contribution < 1.29 is 14.3 Å². The van der Waals surface area contributed by atoms with Crippen molar-refractivity contribution in [3.63, 3.8) is 0 Å². The van der Waals surface area contributed by atoms with Crippen molar-refractivity contribution in [3.8, 4) is 0 Å². The summed E-state index contributed by atoms with van der Waals surface area (Å²) >= 11 is 6.05. The van der Waals surface area contributed by atoms with E-state index in [9.17, 15) is 9.59 Å². The van der Waals surface area contributed by atoms with Gasteiger partial charge >= 0.3 is 5.97 Å². The third kappa shape index (κ3) is 3.46. The summed E-state index contributed by atoms with van der Waals surface area (Å²) in [6, 6.07) is 4.65.